The highest BCUT2D eigenvalue weighted by atomic mass is 16.5. The Balaban J connectivity index is 2.17. The number of nitrogens with zero attached hydrogens (tertiary/aromatic N) is 1. The minimum atomic E-state index is -1.17. The van der Waals surface area contributed by atoms with Crippen molar-refractivity contribution in [3.63, 3.8) is 0 Å². The van der Waals surface area contributed by atoms with Crippen molar-refractivity contribution in [2.45, 2.75) is 24.5 Å². The molecule has 3 N–H and O–H groups in total. The molecule has 4 atom stereocenters. The van der Waals surface area contributed by atoms with Crippen molar-refractivity contribution in [3.05, 3.63) is 30.6 Å². The predicted molar refractivity (Wildman–Crippen MR) is 49.6 cm³/mol. The van der Waals surface area contributed by atoms with Gasteiger partial charge in [0.15, 0.2) is 18.5 Å². The summed E-state index contributed by atoms with van der Waals surface area (Å²) in [6, 6.07) is 5.44. The van der Waals surface area contributed by atoms with E-state index < -0.39 is 24.5 Å². The Kier molecular flexibility index (Phi) is 2.97. The van der Waals surface area contributed by atoms with Crippen LogP contribution in [-0.2, 0) is 4.74 Å². The van der Waals surface area contributed by atoms with Crippen molar-refractivity contribution in [3.8, 4) is 0 Å². The zero-order valence-corrected chi connectivity index (χ0v) is 8.10. The molecule has 0 unspecified atom stereocenters. The molecule has 5 heteroatoms. The van der Waals surface area contributed by atoms with E-state index in [9.17, 15) is 15.3 Å². The molecular formula is C10H14NO4+. The Bertz CT molecular complexity index is 318. The molecule has 1 fully saturated rings. The molecular weight excluding hydrogens is 198 g/mol. The molecule has 1 aromatic heterocycles. The van der Waals surface area contributed by atoms with Gasteiger partial charge in [0.1, 0.15) is 12.2 Å². The summed E-state index contributed by atoms with van der Waals surface area (Å²) in [5.41, 5.74) is 0. The van der Waals surface area contributed by atoms with E-state index in [0.717, 1.165) is 0 Å². The molecule has 0 saturated carbocycles. The van der Waals surface area contributed by atoms with Gasteiger partial charge in [0.05, 0.1) is 6.61 Å². The molecule has 2 rings (SSSR count). The van der Waals surface area contributed by atoms with Crippen LogP contribution in [0.5, 0.6) is 0 Å². The number of pyridine rings is 1. The van der Waals surface area contributed by atoms with Crippen LogP contribution in [0.15, 0.2) is 30.6 Å². The van der Waals surface area contributed by atoms with Crippen LogP contribution < -0.4 is 4.57 Å². The second kappa shape index (κ2) is 4.24. The van der Waals surface area contributed by atoms with E-state index in [1.54, 1.807) is 29.1 Å². The standard InChI is InChI=1S/C10H14NO4/c12-7-6-15-10(9(14)8(7)13)11-4-2-1-3-5-11/h1-5,7-10,12-14H,6H2/q+1/t7-,8+,9-,10+/m1/s1. The smallest absolute Gasteiger partial charge is 0.291 e. The van der Waals surface area contributed by atoms with Crippen molar-refractivity contribution in [2.75, 3.05) is 6.61 Å². The van der Waals surface area contributed by atoms with Crippen molar-refractivity contribution in [2.24, 2.45) is 0 Å². The molecule has 82 valence electrons. The van der Waals surface area contributed by atoms with E-state index in [-0.39, 0.29) is 6.61 Å². The molecule has 0 spiro atoms. The van der Waals surface area contributed by atoms with Gasteiger partial charge in [-0.2, -0.15) is 4.57 Å². The molecule has 1 aliphatic heterocycles. The minimum Gasteiger partial charge on any atom is -0.388 e. The van der Waals surface area contributed by atoms with E-state index in [0.29, 0.717) is 0 Å². The summed E-state index contributed by atoms with van der Waals surface area (Å²) in [6.45, 7) is 0.0186. The number of aromatic nitrogens is 1. The highest BCUT2D eigenvalue weighted by Gasteiger charge is 2.42. The number of hydrogen-bond acceptors (Lipinski definition) is 4. The summed E-state index contributed by atoms with van der Waals surface area (Å²) in [6.07, 6.45) is -0.501. The van der Waals surface area contributed by atoms with Crippen LogP contribution in [0.25, 0.3) is 0 Å². The van der Waals surface area contributed by atoms with Crippen LogP contribution in [0.3, 0.4) is 0 Å². The molecule has 0 amide bonds. The third-order valence-corrected chi connectivity index (χ3v) is 2.51. The summed E-state index contributed by atoms with van der Waals surface area (Å²) < 4.78 is 6.91. The Morgan fingerprint density at radius 1 is 1.00 bits per heavy atom. The third kappa shape index (κ3) is 2.00. The maximum atomic E-state index is 9.71. The van der Waals surface area contributed by atoms with Gasteiger partial charge in [-0.05, 0) is 0 Å². The average Bonchev–Trinajstić information content (AvgIpc) is 2.27. The fraction of sp³-hybridized carbons (Fsp3) is 0.500. The Labute approximate surface area is 87.2 Å². The Hall–Kier alpha value is -1.01. The lowest BCUT2D eigenvalue weighted by atomic mass is 10.0. The van der Waals surface area contributed by atoms with Crippen LogP contribution in [0.1, 0.15) is 6.23 Å². The molecule has 2 heterocycles. The zero-order chi connectivity index (χ0) is 10.8. The SMILES string of the molecule is O[C@@H]1[C@@H](O)[C@@H]([n+]2ccccc2)OC[C@H]1O. The maximum Gasteiger partial charge on any atom is 0.291 e. The largest absolute Gasteiger partial charge is 0.388 e. The molecule has 15 heavy (non-hydrogen) atoms. The van der Waals surface area contributed by atoms with Gasteiger partial charge < -0.3 is 20.1 Å². The summed E-state index contributed by atoms with van der Waals surface area (Å²) in [4.78, 5) is 0. The van der Waals surface area contributed by atoms with Crippen molar-refractivity contribution < 1.29 is 24.6 Å². The highest BCUT2D eigenvalue weighted by molar-refractivity contribution is 4.85. The molecule has 1 saturated heterocycles. The number of rotatable bonds is 1. The predicted octanol–water partition coefficient (Wildman–Crippen LogP) is -1.41. The first kappa shape index (κ1) is 10.5. The molecule has 0 radical (unpaired) electrons. The van der Waals surface area contributed by atoms with Gasteiger partial charge in [-0.25, -0.2) is 0 Å². The monoisotopic (exact) mass is 212 g/mol. The fourth-order valence-electron chi connectivity index (χ4n) is 1.63. The summed E-state index contributed by atoms with van der Waals surface area (Å²) in [5.74, 6) is 0. The molecule has 0 bridgehead atoms. The lowest BCUT2D eigenvalue weighted by Gasteiger charge is -2.31. The van der Waals surface area contributed by atoms with Gasteiger partial charge in [0.25, 0.3) is 6.23 Å². The normalized spacial score (nSPS) is 36.5. The number of aliphatic hydroxyl groups is 3. The van der Waals surface area contributed by atoms with Gasteiger partial charge >= 0.3 is 0 Å². The van der Waals surface area contributed by atoms with Gasteiger partial charge in [-0.3, -0.25) is 0 Å². The summed E-state index contributed by atoms with van der Waals surface area (Å²) in [5, 5.41) is 28.5. The summed E-state index contributed by atoms with van der Waals surface area (Å²) >= 11 is 0. The number of ether oxygens (including phenoxy) is 1. The first-order chi connectivity index (χ1) is 7.20. The van der Waals surface area contributed by atoms with Crippen LogP contribution in [0.4, 0.5) is 0 Å². The molecule has 0 aromatic carbocycles. The van der Waals surface area contributed by atoms with Gasteiger partial charge in [0.2, 0.25) is 0 Å². The van der Waals surface area contributed by atoms with Crippen molar-refractivity contribution in [1.29, 1.82) is 0 Å². The van der Waals surface area contributed by atoms with E-state index in [2.05, 4.69) is 0 Å². The van der Waals surface area contributed by atoms with Crippen LogP contribution in [-0.4, -0.2) is 40.2 Å². The molecule has 1 aliphatic rings. The van der Waals surface area contributed by atoms with E-state index in [1.165, 1.54) is 0 Å². The van der Waals surface area contributed by atoms with E-state index in [1.807, 2.05) is 6.07 Å². The summed E-state index contributed by atoms with van der Waals surface area (Å²) in [7, 11) is 0. The first-order valence-corrected chi connectivity index (χ1v) is 4.82. The fourth-order valence-corrected chi connectivity index (χ4v) is 1.63. The van der Waals surface area contributed by atoms with Crippen LogP contribution in [0, 0.1) is 0 Å². The van der Waals surface area contributed by atoms with Gasteiger partial charge in [0, 0.05) is 12.1 Å². The maximum absolute atomic E-state index is 9.71. The Morgan fingerprint density at radius 2 is 1.67 bits per heavy atom. The molecule has 1 aromatic rings. The Morgan fingerprint density at radius 3 is 2.33 bits per heavy atom. The molecule has 0 aliphatic carbocycles. The highest BCUT2D eigenvalue weighted by Crippen LogP contribution is 2.19. The number of aliphatic hydroxyl groups excluding tert-OH is 3. The van der Waals surface area contributed by atoms with Gasteiger partial charge in [-0.1, -0.05) is 6.07 Å². The zero-order valence-electron chi connectivity index (χ0n) is 8.10. The van der Waals surface area contributed by atoms with Crippen molar-refractivity contribution in [1.82, 2.24) is 0 Å². The first-order valence-electron chi connectivity index (χ1n) is 4.82. The topological polar surface area (TPSA) is 73.8 Å². The van der Waals surface area contributed by atoms with E-state index >= 15 is 0 Å². The van der Waals surface area contributed by atoms with Crippen LogP contribution in [0.2, 0.25) is 0 Å². The number of hydrogen-bond donors (Lipinski definition) is 3. The quantitative estimate of drug-likeness (QED) is 0.500. The minimum absolute atomic E-state index is 0.0186. The van der Waals surface area contributed by atoms with Crippen molar-refractivity contribution >= 4 is 0 Å². The van der Waals surface area contributed by atoms with Crippen LogP contribution >= 0.6 is 0 Å². The second-order valence-corrected chi connectivity index (χ2v) is 3.60. The lowest BCUT2D eigenvalue weighted by Crippen LogP contribution is -2.58. The lowest BCUT2D eigenvalue weighted by molar-refractivity contribution is -0.775. The average molecular weight is 212 g/mol. The third-order valence-electron chi connectivity index (χ3n) is 2.51. The second-order valence-electron chi connectivity index (χ2n) is 3.60. The van der Waals surface area contributed by atoms with E-state index in [4.69, 9.17) is 4.74 Å². The van der Waals surface area contributed by atoms with Gasteiger partial charge in [-0.15, -0.1) is 0 Å². The molecule has 5 nitrogen and oxygen atoms in total.